The van der Waals surface area contributed by atoms with E-state index in [4.69, 9.17) is 0 Å². The molecule has 1 N–H and O–H groups in total. The minimum Gasteiger partial charge on any atom is -0.313 e. The fraction of sp³-hybridized carbons (Fsp3) is 0.571. The quantitative estimate of drug-likeness (QED) is 0.800. The monoisotopic (exact) mass is 333 g/mol. The van der Waals surface area contributed by atoms with E-state index in [1.54, 1.807) is 6.07 Å². The highest BCUT2D eigenvalue weighted by atomic mass is 79.9. The van der Waals surface area contributed by atoms with E-state index in [0.29, 0.717) is 11.3 Å². The first kappa shape index (κ1) is 16.0. The van der Waals surface area contributed by atoms with Crippen molar-refractivity contribution in [3.05, 3.63) is 34.1 Å². The second-order valence-electron chi connectivity index (χ2n) is 4.58. The van der Waals surface area contributed by atoms with E-state index in [0.717, 1.165) is 28.8 Å². The van der Waals surface area contributed by atoms with Gasteiger partial charge in [0.2, 0.25) is 0 Å². The topological polar surface area (TPSA) is 12.0 Å². The van der Waals surface area contributed by atoms with Crippen LogP contribution in [0.25, 0.3) is 0 Å². The highest BCUT2D eigenvalue weighted by molar-refractivity contribution is 9.10. The zero-order chi connectivity index (χ0) is 13.5. The molecule has 0 fully saturated rings. The van der Waals surface area contributed by atoms with Crippen LogP contribution in [0.5, 0.6) is 0 Å². The van der Waals surface area contributed by atoms with Gasteiger partial charge in [0.05, 0.1) is 0 Å². The lowest BCUT2D eigenvalue weighted by atomic mass is 10.1. The lowest BCUT2D eigenvalue weighted by Gasteiger charge is -2.19. The average Bonchev–Trinajstić information content (AvgIpc) is 2.31. The first-order chi connectivity index (χ1) is 8.52. The van der Waals surface area contributed by atoms with Gasteiger partial charge in [0.1, 0.15) is 5.82 Å². The molecule has 0 aliphatic rings. The molecular formula is C14H21BrFNS. The van der Waals surface area contributed by atoms with Crippen molar-refractivity contribution in [3.8, 4) is 0 Å². The van der Waals surface area contributed by atoms with Crippen LogP contribution in [0.2, 0.25) is 0 Å². The minimum absolute atomic E-state index is 0.115. The van der Waals surface area contributed by atoms with Crippen LogP contribution in [-0.4, -0.2) is 23.6 Å². The normalized spacial score (nSPS) is 13.0. The Morgan fingerprint density at radius 1 is 1.39 bits per heavy atom. The van der Waals surface area contributed by atoms with Crippen molar-refractivity contribution in [3.63, 3.8) is 0 Å². The molecule has 0 bridgehead atoms. The predicted molar refractivity (Wildman–Crippen MR) is 82.9 cm³/mol. The summed E-state index contributed by atoms with van der Waals surface area (Å²) < 4.78 is 14.6. The summed E-state index contributed by atoms with van der Waals surface area (Å²) in [6.07, 6.45) is 0.735. The molecule has 1 nitrogen and oxygen atoms in total. The van der Waals surface area contributed by atoms with Gasteiger partial charge in [-0.1, -0.05) is 36.7 Å². The highest BCUT2D eigenvalue weighted by Crippen LogP contribution is 2.19. The fourth-order valence-corrected chi connectivity index (χ4v) is 3.01. The van der Waals surface area contributed by atoms with Crippen molar-refractivity contribution >= 4 is 27.7 Å². The Morgan fingerprint density at radius 2 is 2.11 bits per heavy atom. The van der Waals surface area contributed by atoms with Crippen LogP contribution >= 0.6 is 27.7 Å². The minimum atomic E-state index is -0.115. The molecule has 0 aliphatic heterocycles. The second kappa shape index (κ2) is 8.18. The Labute approximate surface area is 122 Å². The number of hydrogen-bond donors (Lipinski definition) is 1. The van der Waals surface area contributed by atoms with Crippen molar-refractivity contribution < 1.29 is 4.39 Å². The number of thioether (sulfide) groups is 1. The maximum Gasteiger partial charge on any atom is 0.126 e. The molecule has 1 rings (SSSR count). The fourth-order valence-electron chi connectivity index (χ4n) is 1.75. The van der Waals surface area contributed by atoms with Gasteiger partial charge in [-0.05, 0) is 42.0 Å². The smallest absolute Gasteiger partial charge is 0.126 e. The average molecular weight is 334 g/mol. The van der Waals surface area contributed by atoms with Crippen molar-refractivity contribution in [2.75, 3.05) is 12.3 Å². The van der Waals surface area contributed by atoms with E-state index in [2.05, 4.69) is 42.0 Å². The highest BCUT2D eigenvalue weighted by Gasteiger charge is 2.12. The lowest BCUT2D eigenvalue weighted by molar-refractivity contribution is 0.545. The molecule has 18 heavy (non-hydrogen) atoms. The predicted octanol–water partition coefficient (Wildman–Crippen LogP) is 4.25. The summed E-state index contributed by atoms with van der Waals surface area (Å²) in [5.41, 5.74) is 0.777. The van der Waals surface area contributed by atoms with Gasteiger partial charge in [-0.15, -0.1) is 0 Å². The first-order valence-electron chi connectivity index (χ1n) is 6.31. The third-order valence-electron chi connectivity index (χ3n) is 2.60. The Morgan fingerprint density at radius 3 is 2.72 bits per heavy atom. The number of rotatable bonds is 7. The summed E-state index contributed by atoms with van der Waals surface area (Å²) in [6, 6.07) is 5.47. The summed E-state index contributed by atoms with van der Waals surface area (Å²) >= 11 is 5.31. The molecule has 4 heteroatoms. The maximum absolute atomic E-state index is 13.7. The number of halogens is 2. The Bertz CT molecular complexity index is 371. The number of nitrogens with one attached hydrogen (secondary N) is 1. The van der Waals surface area contributed by atoms with Crippen LogP contribution in [-0.2, 0) is 6.42 Å². The van der Waals surface area contributed by atoms with Crippen LogP contribution in [0.1, 0.15) is 26.3 Å². The Hall–Kier alpha value is -0.0600. The van der Waals surface area contributed by atoms with E-state index in [-0.39, 0.29) is 5.82 Å². The molecule has 1 aromatic rings. The number of hydrogen-bond acceptors (Lipinski definition) is 2. The summed E-state index contributed by atoms with van der Waals surface area (Å²) in [5.74, 6) is 0.896. The molecule has 1 atom stereocenters. The zero-order valence-electron chi connectivity index (χ0n) is 11.2. The van der Waals surface area contributed by atoms with Gasteiger partial charge >= 0.3 is 0 Å². The van der Waals surface area contributed by atoms with Gasteiger partial charge in [-0.2, -0.15) is 11.8 Å². The summed E-state index contributed by atoms with van der Waals surface area (Å²) in [4.78, 5) is 0. The molecule has 102 valence electrons. The van der Waals surface area contributed by atoms with Crippen LogP contribution < -0.4 is 5.32 Å². The van der Waals surface area contributed by atoms with Gasteiger partial charge < -0.3 is 5.32 Å². The van der Waals surface area contributed by atoms with Crippen LogP contribution in [0.15, 0.2) is 22.7 Å². The first-order valence-corrected chi connectivity index (χ1v) is 8.16. The molecule has 0 saturated heterocycles. The van der Waals surface area contributed by atoms with Gasteiger partial charge in [0.25, 0.3) is 0 Å². The third-order valence-corrected chi connectivity index (χ3v) is 4.35. The van der Waals surface area contributed by atoms with E-state index >= 15 is 0 Å². The number of benzene rings is 1. The molecule has 1 aromatic carbocycles. The van der Waals surface area contributed by atoms with E-state index in [1.165, 1.54) is 6.07 Å². The van der Waals surface area contributed by atoms with Gasteiger partial charge in [0.15, 0.2) is 0 Å². The van der Waals surface area contributed by atoms with E-state index in [9.17, 15) is 4.39 Å². The van der Waals surface area contributed by atoms with Crippen molar-refractivity contribution in [2.45, 2.75) is 38.5 Å². The van der Waals surface area contributed by atoms with Crippen LogP contribution in [0.4, 0.5) is 4.39 Å². The molecule has 0 heterocycles. The Kier molecular flexibility index (Phi) is 7.27. The summed E-state index contributed by atoms with van der Waals surface area (Å²) in [7, 11) is 0. The zero-order valence-corrected chi connectivity index (χ0v) is 13.6. The molecular weight excluding hydrogens is 313 g/mol. The number of likely N-dealkylation sites (N-methyl/N-ethyl adjacent to an activating group) is 1. The van der Waals surface area contributed by atoms with Gasteiger partial charge in [0, 0.05) is 16.3 Å². The standard InChI is InChI=1S/C14H21BrFNS/c1-4-17-13(9-18-10(2)3)8-11-7-12(15)5-6-14(11)16/h5-7,10,13,17H,4,8-9H2,1-3H3. The maximum atomic E-state index is 13.7. The van der Waals surface area contributed by atoms with E-state index in [1.807, 2.05) is 17.8 Å². The third kappa shape index (κ3) is 5.72. The molecule has 0 aliphatic carbocycles. The summed E-state index contributed by atoms with van der Waals surface area (Å²) in [5, 5.41) is 4.04. The second-order valence-corrected chi connectivity index (χ2v) is 7.10. The van der Waals surface area contributed by atoms with Crippen LogP contribution in [0, 0.1) is 5.82 Å². The molecule has 0 saturated carbocycles. The molecule has 0 spiro atoms. The van der Waals surface area contributed by atoms with E-state index < -0.39 is 0 Å². The van der Waals surface area contributed by atoms with Gasteiger partial charge in [-0.3, -0.25) is 0 Å². The lowest BCUT2D eigenvalue weighted by Crippen LogP contribution is -2.34. The Balaban J connectivity index is 2.66. The van der Waals surface area contributed by atoms with Gasteiger partial charge in [-0.25, -0.2) is 4.39 Å². The largest absolute Gasteiger partial charge is 0.313 e. The van der Waals surface area contributed by atoms with Crippen molar-refractivity contribution in [2.24, 2.45) is 0 Å². The van der Waals surface area contributed by atoms with Crippen molar-refractivity contribution in [1.29, 1.82) is 0 Å². The molecule has 0 radical (unpaired) electrons. The SMILES string of the molecule is CCNC(CSC(C)C)Cc1cc(Br)ccc1F. The summed E-state index contributed by atoms with van der Waals surface area (Å²) in [6.45, 7) is 7.38. The van der Waals surface area contributed by atoms with Crippen LogP contribution in [0.3, 0.4) is 0 Å². The molecule has 0 aromatic heterocycles. The molecule has 1 unspecified atom stereocenters. The van der Waals surface area contributed by atoms with Crippen molar-refractivity contribution in [1.82, 2.24) is 5.32 Å². The molecule has 0 amide bonds.